The third kappa shape index (κ3) is 4.85. The molecule has 0 radical (unpaired) electrons. The van der Waals surface area contributed by atoms with Crippen LogP contribution in [0, 0.1) is 11.8 Å². The zero-order valence-corrected chi connectivity index (χ0v) is 15.0. The number of anilines is 1. The van der Waals surface area contributed by atoms with Crippen molar-refractivity contribution in [2.45, 2.75) is 44.6 Å². The molecule has 25 heavy (non-hydrogen) atoms. The third-order valence-electron chi connectivity index (χ3n) is 5.49. The Hall–Kier alpha value is -1.81. The minimum absolute atomic E-state index is 0.106. The number of likely N-dealkylation sites (tertiary alicyclic amines) is 1. The number of benzene rings is 1. The van der Waals surface area contributed by atoms with E-state index in [1.807, 2.05) is 29.2 Å². The maximum atomic E-state index is 12.8. The molecule has 3 rings (SSSR count). The van der Waals surface area contributed by atoms with Crippen LogP contribution < -0.4 is 5.32 Å². The predicted molar refractivity (Wildman–Crippen MR) is 102 cm³/mol. The molecule has 1 aliphatic carbocycles. The van der Waals surface area contributed by atoms with Crippen LogP contribution in [0.15, 0.2) is 36.9 Å². The fourth-order valence-corrected chi connectivity index (χ4v) is 3.68. The van der Waals surface area contributed by atoms with Gasteiger partial charge in [0.15, 0.2) is 0 Å². The van der Waals surface area contributed by atoms with Gasteiger partial charge in [0.25, 0.3) is 5.91 Å². The van der Waals surface area contributed by atoms with Gasteiger partial charge in [-0.25, -0.2) is 0 Å². The Morgan fingerprint density at radius 1 is 1.32 bits per heavy atom. The molecule has 0 bridgehead atoms. The largest absolute Gasteiger partial charge is 0.396 e. The van der Waals surface area contributed by atoms with E-state index in [0.29, 0.717) is 12.0 Å². The summed E-state index contributed by atoms with van der Waals surface area (Å²) in [7, 11) is 0. The molecule has 4 heteroatoms. The molecule has 1 atom stereocenters. The number of amides is 1. The number of carbonyl (C=O) groups is 1. The van der Waals surface area contributed by atoms with E-state index in [4.69, 9.17) is 0 Å². The number of piperidine rings is 1. The van der Waals surface area contributed by atoms with Crippen LogP contribution in [0.4, 0.5) is 5.69 Å². The Labute approximate surface area is 150 Å². The van der Waals surface area contributed by atoms with Crippen molar-refractivity contribution in [3.63, 3.8) is 0 Å². The Kier molecular flexibility index (Phi) is 6.14. The van der Waals surface area contributed by atoms with Crippen LogP contribution in [-0.4, -0.2) is 41.7 Å². The van der Waals surface area contributed by atoms with Crippen molar-refractivity contribution < 1.29 is 9.90 Å². The SMILES string of the molecule is C=CCCC(Nc1cccc(C(=O)N2CCC(CO)CC2)c1)C1CC1. The predicted octanol–water partition coefficient (Wildman–Crippen LogP) is 3.69. The fourth-order valence-electron chi connectivity index (χ4n) is 3.68. The van der Waals surface area contributed by atoms with E-state index in [0.717, 1.165) is 55.9 Å². The highest BCUT2D eigenvalue weighted by molar-refractivity contribution is 5.95. The average Bonchev–Trinajstić information content (AvgIpc) is 3.50. The summed E-state index contributed by atoms with van der Waals surface area (Å²) < 4.78 is 0. The molecule has 2 aliphatic rings. The number of aliphatic hydroxyl groups excluding tert-OH is 1. The van der Waals surface area contributed by atoms with E-state index in [-0.39, 0.29) is 12.5 Å². The van der Waals surface area contributed by atoms with E-state index in [1.165, 1.54) is 12.8 Å². The van der Waals surface area contributed by atoms with Gasteiger partial charge in [0.1, 0.15) is 0 Å². The van der Waals surface area contributed by atoms with Crippen molar-refractivity contribution in [3.8, 4) is 0 Å². The summed E-state index contributed by atoms with van der Waals surface area (Å²) in [5.74, 6) is 1.21. The monoisotopic (exact) mass is 342 g/mol. The first-order chi connectivity index (χ1) is 12.2. The van der Waals surface area contributed by atoms with Crippen LogP contribution in [-0.2, 0) is 0 Å². The Bertz CT molecular complexity index is 589. The van der Waals surface area contributed by atoms with E-state index < -0.39 is 0 Å². The highest BCUT2D eigenvalue weighted by Gasteiger charge is 2.30. The summed E-state index contributed by atoms with van der Waals surface area (Å²) in [6, 6.07) is 8.39. The molecule has 1 aromatic carbocycles. The van der Waals surface area contributed by atoms with Gasteiger partial charge in [0.05, 0.1) is 0 Å². The second kappa shape index (κ2) is 8.52. The molecule has 4 nitrogen and oxygen atoms in total. The van der Waals surface area contributed by atoms with Gasteiger partial charge in [-0.05, 0) is 68.6 Å². The van der Waals surface area contributed by atoms with Crippen molar-refractivity contribution in [3.05, 3.63) is 42.5 Å². The van der Waals surface area contributed by atoms with Crippen molar-refractivity contribution in [2.75, 3.05) is 25.0 Å². The number of hydrogen-bond acceptors (Lipinski definition) is 3. The molecule has 1 saturated heterocycles. The van der Waals surface area contributed by atoms with Crippen LogP contribution in [0.2, 0.25) is 0 Å². The number of carbonyl (C=O) groups excluding carboxylic acids is 1. The van der Waals surface area contributed by atoms with Gasteiger partial charge in [-0.1, -0.05) is 12.1 Å². The number of nitrogens with zero attached hydrogens (tertiary/aromatic N) is 1. The molecule has 1 saturated carbocycles. The van der Waals surface area contributed by atoms with Crippen molar-refractivity contribution in [1.29, 1.82) is 0 Å². The lowest BCUT2D eigenvalue weighted by atomic mass is 9.97. The molecular formula is C21H30N2O2. The topological polar surface area (TPSA) is 52.6 Å². The Balaban J connectivity index is 1.62. The third-order valence-corrected chi connectivity index (χ3v) is 5.49. The molecule has 0 aromatic heterocycles. The standard InChI is InChI=1S/C21H30N2O2/c1-2-3-7-20(17-8-9-17)22-19-6-4-5-18(14-19)21(25)23-12-10-16(15-24)11-13-23/h2,4-6,14,16-17,20,22,24H,1,3,7-13,15H2. The van der Waals surface area contributed by atoms with Crippen LogP contribution >= 0.6 is 0 Å². The number of rotatable bonds is 8. The van der Waals surface area contributed by atoms with Crippen LogP contribution in [0.1, 0.15) is 48.9 Å². The first-order valence-electron chi connectivity index (χ1n) is 9.59. The quantitative estimate of drug-likeness (QED) is 0.709. The summed E-state index contributed by atoms with van der Waals surface area (Å²) in [5, 5.41) is 12.9. The zero-order valence-electron chi connectivity index (χ0n) is 15.0. The zero-order chi connectivity index (χ0) is 17.6. The molecule has 1 aliphatic heterocycles. The molecule has 1 heterocycles. The van der Waals surface area contributed by atoms with Gasteiger partial charge in [0, 0.05) is 37.0 Å². The van der Waals surface area contributed by atoms with Crippen molar-refractivity contribution in [2.24, 2.45) is 11.8 Å². The number of allylic oxidation sites excluding steroid dienone is 1. The molecule has 1 unspecified atom stereocenters. The van der Waals surface area contributed by atoms with E-state index >= 15 is 0 Å². The summed E-state index contributed by atoms with van der Waals surface area (Å²) in [4.78, 5) is 14.7. The lowest BCUT2D eigenvalue weighted by Gasteiger charge is -2.31. The maximum Gasteiger partial charge on any atom is 0.253 e. The van der Waals surface area contributed by atoms with Gasteiger partial charge >= 0.3 is 0 Å². The second-order valence-corrected chi connectivity index (χ2v) is 7.45. The second-order valence-electron chi connectivity index (χ2n) is 7.45. The maximum absolute atomic E-state index is 12.8. The number of hydrogen-bond donors (Lipinski definition) is 2. The fraction of sp³-hybridized carbons (Fsp3) is 0.571. The summed E-state index contributed by atoms with van der Waals surface area (Å²) in [6.45, 7) is 5.54. The lowest BCUT2D eigenvalue weighted by Crippen LogP contribution is -2.39. The first kappa shape index (κ1) is 18.0. The summed E-state index contributed by atoms with van der Waals surface area (Å²) in [5.41, 5.74) is 1.79. The summed E-state index contributed by atoms with van der Waals surface area (Å²) in [6.07, 6.45) is 8.48. The van der Waals surface area contributed by atoms with Gasteiger partial charge < -0.3 is 15.3 Å². The van der Waals surface area contributed by atoms with Gasteiger partial charge in [-0.3, -0.25) is 4.79 Å². The number of nitrogens with one attached hydrogen (secondary N) is 1. The van der Waals surface area contributed by atoms with Crippen LogP contribution in [0.3, 0.4) is 0 Å². The van der Waals surface area contributed by atoms with E-state index in [9.17, 15) is 9.90 Å². The normalized spacial score (nSPS) is 19.5. The average molecular weight is 342 g/mol. The molecule has 136 valence electrons. The van der Waals surface area contributed by atoms with Gasteiger partial charge in [0.2, 0.25) is 0 Å². The molecule has 1 amide bonds. The van der Waals surface area contributed by atoms with Crippen molar-refractivity contribution >= 4 is 11.6 Å². The first-order valence-corrected chi connectivity index (χ1v) is 9.59. The van der Waals surface area contributed by atoms with Gasteiger partial charge in [-0.2, -0.15) is 0 Å². The Morgan fingerprint density at radius 2 is 2.08 bits per heavy atom. The molecular weight excluding hydrogens is 312 g/mol. The highest BCUT2D eigenvalue weighted by atomic mass is 16.3. The van der Waals surface area contributed by atoms with Crippen molar-refractivity contribution in [1.82, 2.24) is 4.90 Å². The van der Waals surface area contributed by atoms with Gasteiger partial charge in [-0.15, -0.1) is 6.58 Å². The number of aliphatic hydroxyl groups is 1. The molecule has 2 N–H and O–H groups in total. The smallest absolute Gasteiger partial charge is 0.253 e. The lowest BCUT2D eigenvalue weighted by molar-refractivity contribution is 0.0651. The molecule has 1 aromatic rings. The molecule has 2 fully saturated rings. The van der Waals surface area contributed by atoms with E-state index in [2.05, 4.69) is 18.0 Å². The summed E-state index contributed by atoms with van der Waals surface area (Å²) >= 11 is 0. The highest BCUT2D eigenvalue weighted by Crippen LogP contribution is 2.36. The molecule has 0 spiro atoms. The van der Waals surface area contributed by atoms with Crippen LogP contribution in [0.5, 0.6) is 0 Å². The van der Waals surface area contributed by atoms with E-state index in [1.54, 1.807) is 0 Å². The van der Waals surface area contributed by atoms with Crippen LogP contribution in [0.25, 0.3) is 0 Å². The Morgan fingerprint density at radius 3 is 2.72 bits per heavy atom. The minimum atomic E-state index is 0.106. The minimum Gasteiger partial charge on any atom is -0.396 e.